The zero-order valence-corrected chi connectivity index (χ0v) is 13.2. The van der Waals surface area contributed by atoms with Gasteiger partial charge in [-0.25, -0.2) is 18.7 Å². The maximum Gasteiger partial charge on any atom is 0.157 e. The van der Waals surface area contributed by atoms with Crippen LogP contribution in [0.1, 0.15) is 12.7 Å². The van der Waals surface area contributed by atoms with Gasteiger partial charge in [0, 0.05) is 19.7 Å². The number of ether oxygens (including phenoxy) is 1. The van der Waals surface area contributed by atoms with E-state index in [2.05, 4.69) is 31.2 Å². The van der Waals surface area contributed by atoms with E-state index < -0.39 is 11.6 Å². The van der Waals surface area contributed by atoms with Crippen LogP contribution in [0.25, 0.3) is 11.3 Å². The van der Waals surface area contributed by atoms with Crippen LogP contribution in [0.3, 0.4) is 0 Å². The lowest BCUT2D eigenvalue weighted by Gasteiger charge is -2.10. The summed E-state index contributed by atoms with van der Waals surface area (Å²) in [5.74, 6) is -0.530. The Bertz CT molecular complexity index is 628. The molecule has 0 aliphatic rings. The third-order valence-corrected chi connectivity index (χ3v) is 3.32. The second-order valence-corrected chi connectivity index (χ2v) is 5.09. The number of anilines is 1. The number of methoxy groups -OCH3 is 1. The van der Waals surface area contributed by atoms with Crippen LogP contribution in [-0.2, 0) is 11.3 Å². The zero-order valence-electron chi connectivity index (χ0n) is 11.6. The molecule has 0 amide bonds. The van der Waals surface area contributed by atoms with Gasteiger partial charge in [-0.05, 0) is 35.0 Å². The van der Waals surface area contributed by atoms with Gasteiger partial charge in [0.25, 0.3) is 0 Å². The Kier molecular flexibility index (Phi) is 5.19. The molecule has 4 nitrogen and oxygen atoms in total. The van der Waals surface area contributed by atoms with Crippen LogP contribution in [0.2, 0.25) is 0 Å². The number of nitrogens with zero attached hydrogens (tertiary/aromatic N) is 2. The van der Waals surface area contributed by atoms with Crippen molar-refractivity contribution >= 4 is 21.7 Å². The Labute approximate surface area is 129 Å². The molecule has 0 aliphatic heterocycles. The van der Waals surface area contributed by atoms with Gasteiger partial charge < -0.3 is 10.1 Å². The Morgan fingerprint density at radius 1 is 1.29 bits per heavy atom. The fourth-order valence-electron chi connectivity index (χ4n) is 1.85. The number of halogens is 3. The van der Waals surface area contributed by atoms with E-state index in [0.29, 0.717) is 18.2 Å². The molecule has 0 atom stereocenters. The van der Waals surface area contributed by atoms with Crippen LogP contribution < -0.4 is 5.32 Å². The molecule has 0 saturated carbocycles. The largest absolute Gasteiger partial charge is 0.377 e. The second-order valence-electron chi connectivity index (χ2n) is 4.24. The van der Waals surface area contributed by atoms with E-state index in [0.717, 1.165) is 0 Å². The van der Waals surface area contributed by atoms with E-state index in [4.69, 9.17) is 4.74 Å². The summed E-state index contributed by atoms with van der Waals surface area (Å²) in [7, 11) is 1.50. The first kappa shape index (κ1) is 15.8. The van der Waals surface area contributed by atoms with Gasteiger partial charge in [0.1, 0.15) is 24.1 Å². The van der Waals surface area contributed by atoms with Crippen molar-refractivity contribution in [1.29, 1.82) is 0 Å². The third kappa shape index (κ3) is 3.54. The molecule has 1 aromatic heterocycles. The monoisotopic (exact) mass is 357 g/mol. The molecule has 1 N–H and O–H groups in total. The second kappa shape index (κ2) is 6.91. The molecule has 0 bridgehead atoms. The summed E-state index contributed by atoms with van der Waals surface area (Å²) in [4.78, 5) is 8.38. The molecule has 21 heavy (non-hydrogen) atoms. The lowest BCUT2D eigenvalue weighted by molar-refractivity contribution is 0.178. The average Bonchev–Trinajstić information content (AvgIpc) is 2.44. The Balaban J connectivity index is 2.59. The van der Waals surface area contributed by atoms with Crippen molar-refractivity contribution in [3.8, 4) is 11.3 Å². The van der Waals surface area contributed by atoms with Crippen LogP contribution in [-0.4, -0.2) is 23.6 Å². The van der Waals surface area contributed by atoms with E-state index in [9.17, 15) is 8.78 Å². The number of rotatable bonds is 5. The zero-order chi connectivity index (χ0) is 15.4. The molecule has 0 fully saturated rings. The Morgan fingerprint density at radius 2 is 2.05 bits per heavy atom. The number of aromatic nitrogens is 2. The van der Waals surface area contributed by atoms with Gasteiger partial charge in [0.15, 0.2) is 5.82 Å². The quantitative estimate of drug-likeness (QED) is 0.827. The van der Waals surface area contributed by atoms with Gasteiger partial charge in [-0.2, -0.15) is 0 Å². The van der Waals surface area contributed by atoms with Crippen LogP contribution in [0.15, 0.2) is 22.7 Å². The van der Waals surface area contributed by atoms with E-state index in [1.807, 2.05) is 6.92 Å². The smallest absolute Gasteiger partial charge is 0.157 e. The van der Waals surface area contributed by atoms with Crippen LogP contribution in [0.5, 0.6) is 0 Å². The standard InChI is InChI=1S/C14H14BrF2N3O/c1-3-18-11-6-10(19-12(20-11)7-21-2)13-9(16)5-4-8(15)14(13)17/h4-6H,3,7H2,1-2H3,(H,18,19,20). The maximum atomic E-state index is 14.2. The van der Waals surface area contributed by atoms with E-state index >= 15 is 0 Å². The first-order chi connectivity index (χ1) is 10.1. The molecule has 112 valence electrons. The topological polar surface area (TPSA) is 47.0 Å². The number of hydrogen-bond donors (Lipinski definition) is 1. The van der Waals surface area contributed by atoms with Crippen molar-refractivity contribution in [1.82, 2.24) is 9.97 Å². The first-order valence-corrected chi connectivity index (χ1v) is 7.10. The van der Waals surface area contributed by atoms with Gasteiger partial charge in [-0.1, -0.05) is 0 Å². The molecular formula is C14H14BrF2N3O. The van der Waals surface area contributed by atoms with Crippen molar-refractivity contribution in [3.05, 3.63) is 40.1 Å². The van der Waals surface area contributed by atoms with Gasteiger partial charge in [-0.15, -0.1) is 0 Å². The number of benzene rings is 1. The van der Waals surface area contributed by atoms with E-state index in [-0.39, 0.29) is 22.3 Å². The summed E-state index contributed by atoms with van der Waals surface area (Å²) in [6.07, 6.45) is 0. The predicted octanol–water partition coefficient (Wildman–Crippen LogP) is 3.76. The van der Waals surface area contributed by atoms with Gasteiger partial charge >= 0.3 is 0 Å². The third-order valence-electron chi connectivity index (χ3n) is 2.70. The summed E-state index contributed by atoms with van der Waals surface area (Å²) in [6, 6.07) is 4.01. The lowest BCUT2D eigenvalue weighted by atomic mass is 10.1. The fraction of sp³-hybridized carbons (Fsp3) is 0.286. The Hall–Kier alpha value is -1.60. The first-order valence-electron chi connectivity index (χ1n) is 6.31. The average molecular weight is 358 g/mol. The molecule has 0 unspecified atom stereocenters. The summed E-state index contributed by atoms with van der Waals surface area (Å²) < 4.78 is 33.3. The van der Waals surface area contributed by atoms with Gasteiger partial charge in [0.2, 0.25) is 0 Å². The molecule has 2 rings (SSSR count). The highest BCUT2D eigenvalue weighted by molar-refractivity contribution is 9.10. The molecule has 1 aromatic carbocycles. The SMILES string of the molecule is CCNc1cc(-c2c(F)ccc(Br)c2F)nc(COC)n1. The highest BCUT2D eigenvalue weighted by atomic mass is 79.9. The molecule has 7 heteroatoms. The fourth-order valence-corrected chi connectivity index (χ4v) is 2.18. The minimum absolute atomic E-state index is 0.156. The molecule has 0 spiro atoms. The van der Waals surface area contributed by atoms with Crippen molar-refractivity contribution in [3.63, 3.8) is 0 Å². The normalized spacial score (nSPS) is 10.7. The predicted molar refractivity (Wildman–Crippen MR) is 80.0 cm³/mol. The van der Waals surface area contributed by atoms with Crippen molar-refractivity contribution < 1.29 is 13.5 Å². The molecule has 2 aromatic rings. The highest BCUT2D eigenvalue weighted by Crippen LogP contribution is 2.30. The van der Waals surface area contributed by atoms with E-state index in [1.54, 1.807) is 0 Å². The summed E-state index contributed by atoms with van der Waals surface area (Å²) in [6.45, 7) is 2.69. The molecular weight excluding hydrogens is 344 g/mol. The molecule has 1 heterocycles. The van der Waals surface area contributed by atoms with Crippen LogP contribution >= 0.6 is 15.9 Å². The minimum atomic E-state index is -0.695. The van der Waals surface area contributed by atoms with Crippen molar-refractivity contribution in [2.24, 2.45) is 0 Å². The molecule has 0 saturated heterocycles. The van der Waals surface area contributed by atoms with Crippen LogP contribution in [0, 0.1) is 11.6 Å². The highest BCUT2D eigenvalue weighted by Gasteiger charge is 2.17. The van der Waals surface area contributed by atoms with Gasteiger partial charge in [0.05, 0.1) is 15.7 Å². The summed E-state index contributed by atoms with van der Waals surface area (Å²) in [5.41, 5.74) is -0.0208. The summed E-state index contributed by atoms with van der Waals surface area (Å²) >= 11 is 3.05. The van der Waals surface area contributed by atoms with Crippen molar-refractivity contribution in [2.75, 3.05) is 19.0 Å². The number of nitrogens with one attached hydrogen (secondary N) is 1. The van der Waals surface area contributed by atoms with E-state index in [1.165, 1.54) is 25.3 Å². The minimum Gasteiger partial charge on any atom is -0.377 e. The molecule has 0 radical (unpaired) electrons. The van der Waals surface area contributed by atoms with Crippen molar-refractivity contribution in [2.45, 2.75) is 13.5 Å². The lowest BCUT2D eigenvalue weighted by Crippen LogP contribution is -2.06. The Morgan fingerprint density at radius 3 is 2.71 bits per heavy atom. The molecule has 0 aliphatic carbocycles. The number of hydrogen-bond acceptors (Lipinski definition) is 4. The summed E-state index contributed by atoms with van der Waals surface area (Å²) in [5, 5.41) is 3.01. The maximum absolute atomic E-state index is 14.2. The van der Waals surface area contributed by atoms with Gasteiger partial charge in [-0.3, -0.25) is 0 Å². The van der Waals surface area contributed by atoms with Crippen LogP contribution in [0.4, 0.5) is 14.6 Å².